The molecular weight excluding hydrogens is 651 g/mol. The van der Waals surface area contributed by atoms with Crippen molar-refractivity contribution in [1.29, 1.82) is 5.26 Å². The van der Waals surface area contributed by atoms with E-state index in [0.29, 0.717) is 28.2 Å². The first-order valence-electron chi connectivity index (χ1n) is 15.5. The van der Waals surface area contributed by atoms with E-state index in [-0.39, 0.29) is 11.6 Å². The molecule has 1 atom stereocenters. The van der Waals surface area contributed by atoms with Crippen molar-refractivity contribution in [3.05, 3.63) is 143 Å². The molecule has 0 aliphatic carbocycles. The molecule has 49 heavy (non-hydrogen) atoms. The molecule has 2 aromatic heterocycles. The van der Waals surface area contributed by atoms with Gasteiger partial charge in [-0.3, -0.25) is 14.4 Å². The number of carbonyl (C=O) groups excluding carboxylic acids is 3. The minimum Gasteiger partial charge on any atom is -0.361 e. The minimum atomic E-state index is -0.502. The summed E-state index contributed by atoms with van der Waals surface area (Å²) in [7, 11) is 0. The number of para-hydroxylation sites is 1. The summed E-state index contributed by atoms with van der Waals surface area (Å²) in [5.74, 6) is -1.13. The van der Waals surface area contributed by atoms with Crippen LogP contribution in [0.1, 0.15) is 34.8 Å². The molecule has 0 aliphatic heterocycles. The average Bonchev–Trinajstić information content (AvgIpc) is 3.74. The van der Waals surface area contributed by atoms with Crippen molar-refractivity contribution in [2.45, 2.75) is 23.5 Å². The van der Waals surface area contributed by atoms with Crippen LogP contribution < -0.4 is 16.0 Å². The van der Waals surface area contributed by atoms with E-state index < -0.39 is 17.1 Å². The van der Waals surface area contributed by atoms with Crippen LogP contribution in [0.5, 0.6) is 0 Å². The van der Waals surface area contributed by atoms with Gasteiger partial charge >= 0.3 is 0 Å². The van der Waals surface area contributed by atoms with Crippen LogP contribution in [-0.4, -0.2) is 28.0 Å². The molecular formula is C39H31N5O3S2. The molecule has 242 valence electrons. The lowest BCUT2D eigenvalue weighted by Gasteiger charge is -2.15. The number of H-pyrrole nitrogens is 1. The predicted molar refractivity (Wildman–Crippen MR) is 198 cm³/mol. The Morgan fingerprint density at radius 1 is 0.918 bits per heavy atom. The van der Waals surface area contributed by atoms with E-state index in [2.05, 4.69) is 27.0 Å². The summed E-state index contributed by atoms with van der Waals surface area (Å²) in [6.45, 7) is 1.93. The second kappa shape index (κ2) is 15.3. The number of anilines is 2. The number of rotatable bonds is 11. The number of benzene rings is 4. The van der Waals surface area contributed by atoms with Crippen LogP contribution in [0.25, 0.3) is 28.1 Å². The molecule has 0 spiro atoms. The molecule has 0 radical (unpaired) electrons. The lowest BCUT2D eigenvalue weighted by molar-refractivity contribution is -0.116. The van der Waals surface area contributed by atoms with Crippen molar-refractivity contribution in [2.75, 3.05) is 10.6 Å². The molecule has 3 amide bonds. The molecule has 10 heteroatoms. The van der Waals surface area contributed by atoms with Crippen LogP contribution >= 0.6 is 23.1 Å². The largest absolute Gasteiger partial charge is 0.361 e. The number of aromatic amines is 1. The van der Waals surface area contributed by atoms with E-state index in [1.54, 1.807) is 54.7 Å². The SMILES string of the molecule is CCC(Sc1cccc(NC(=O)/C(=C/c2c[nH]c3ccccc23)NC(=O)c2ccccc2)c1)C(=O)Nc1scc(-c2ccccc2)c1C#N. The predicted octanol–water partition coefficient (Wildman–Crippen LogP) is 8.69. The molecule has 2 heterocycles. The van der Waals surface area contributed by atoms with E-state index in [0.717, 1.165) is 32.5 Å². The third-order valence-electron chi connectivity index (χ3n) is 7.71. The fraction of sp³-hybridized carbons (Fsp3) is 0.0769. The second-order valence-corrected chi connectivity index (χ2v) is 13.1. The number of carbonyl (C=O) groups is 3. The number of thiophene rings is 1. The summed E-state index contributed by atoms with van der Waals surface area (Å²) in [5.41, 5.74) is 4.77. The van der Waals surface area contributed by atoms with E-state index in [4.69, 9.17) is 0 Å². The molecule has 0 saturated heterocycles. The number of amides is 3. The molecule has 6 aromatic rings. The lowest BCUT2D eigenvalue weighted by Crippen LogP contribution is -2.30. The average molecular weight is 682 g/mol. The van der Waals surface area contributed by atoms with Gasteiger partial charge in [0.2, 0.25) is 5.91 Å². The quantitative estimate of drug-likeness (QED) is 0.0804. The third kappa shape index (κ3) is 7.81. The molecule has 0 aliphatic rings. The van der Waals surface area contributed by atoms with Crippen LogP contribution in [0.15, 0.2) is 131 Å². The first kappa shape index (κ1) is 33.0. The second-order valence-electron chi connectivity index (χ2n) is 11.0. The summed E-state index contributed by atoms with van der Waals surface area (Å²) in [6, 6.07) is 35.5. The maximum atomic E-state index is 13.7. The monoisotopic (exact) mass is 681 g/mol. The van der Waals surface area contributed by atoms with Crippen LogP contribution in [0.4, 0.5) is 10.7 Å². The Morgan fingerprint density at radius 3 is 2.41 bits per heavy atom. The number of fused-ring (bicyclic) bond motifs is 1. The Labute approximate surface area is 291 Å². The topological polar surface area (TPSA) is 127 Å². The van der Waals surface area contributed by atoms with Crippen LogP contribution in [0, 0.1) is 11.3 Å². The number of hydrogen-bond acceptors (Lipinski definition) is 6. The molecule has 4 aromatic carbocycles. The first-order chi connectivity index (χ1) is 23.9. The van der Waals surface area contributed by atoms with Crippen LogP contribution in [0.2, 0.25) is 0 Å². The lowest BCUT2D eigenvalue weighted by atomic mass is 10.1. The Balaban J connectivity index is 1.19. The van der Waals surface area contributed by atoms with Gasteiger partial charge in [0.25, 0.3) is 11.8 Å². The molecule has 0 saturated carbocycles. The normalized spacial score (nSPS) is 11.8. The van der Waals surface area contributed by atoms with Gasteiger partial charge in [-0.15, -0.1) is 23.1 Å². The molecule has 8 nitrogen and oxygen atoms in total. The van der Waals surface area contributed by atoms with Crippen LogP contribution in [0.3, 0.4) is 0 Å². The zero-order valence-electron chi connectivity index (χ0n) is 26.4. The minimum absolute atomic E-state index is 0.0709. The number of aromatic nitrogens is 1. The molecule has 1 unspecified atom stereocenters. The van der Waals surface area contributed by atoms with E-state index >= 15 is 0 Å². The number of nitrogens with one attached hydrogen (secondary N) is 4. The smallest absolute Gasteiger partial charge is 0.272 e. The van der Waals surface area contributed by atoms with Gasteiger partial charge in [0, 0.05) is 49.8 Å². The van der Waals surface area contributed by atoms with Gasteiger partial charge in [-0.05, 0) is 54.5 Å². The van der Waals surface area contributed by atoms with Crippen molar-refractivity contribution in [3.8, 4) is 17.2 Å². The number of hydrogen-bond donors (Lipinski definition) is 4. The highest BCUT2D eigenvalue weighted by molar-refractivity contribution is 8.00. The Kier molecular flexibility index (Phi) is 10.3. The Bertz CT molecular complexity index is 2200. The summed E-state index contributed by atoms with van der Waals surface area (Å²) in [6.07, 6.45) is 3.97. The highest BCUT2D eigenvalue weighted by atomic mass is 32.2. The maximum absolute atomic E-state index is 13.7. The highest BCUT2D eigenvalue weighted by Gasteiger charge is 2.22. The van der Waals surface area contributed by atoms with Gasteiger partial charge in [0.1, 0.15) is 16.8 Å². The van der Waals surface area contributed by atoms with Gasteiger partial charge in [-0.1, -0.05) is 79.7 Å². The van der Waals surface area contributed by atoms with Crippen molar-refractivity contribution in [1.82, 2.24) is 10.3 Å². The van der Waals surface area contributed by atoms with Gasteiger partial charge in [-0.2, -0.15) is 5.26 Å². The molecule has 4 N–H and O–H groups in total. The van der Waals surface area contributed by atoms with Crippen LogP contribution in [-0.2, 0) is 9.59 Å². The Hall–Kier alpha value is -5.89. The zero-order chi connectivity index (χ0) is 34.2. The summed E-state index contributed by atoms with van der Waals surface area (Å²) in [4.78, 5) is 44.2. The fourth-order valence-electron chi connectivity index (χ4n) is 5.23. The molecule has 0 fully saturated rings. The fourth-order valence-corrected chi connectivity index (χ4v) is 7.16. The summed E-state index contributed by atoms with van der Waals surface area (Å²) < 4.78 is 0. The van der Waals surface area contributed by atoms with Gasteiger partial charge in [-0.25, -0.2) is 0 Å². The van der Waals surface area contributed by atoms with Crippen molar-refractivity contribution >= 4 is 68.5 Å². The summed E-state index contributed by atoms with van der Waals surface area (Å²) in [5, 5.41) is 21.4. The Morgan fingerprint density at radius 2 is 1.65 bits per heavy atom. The van der Waals surface area contributed by atoms with Crippen molar-refractivity contribution < 1.29 is 14.4 Å². The highest BCUT2D eigenvalue weighted by Crippen LogP contribution is 2.36. The number of nitrogens with zero attached hydrogens (tertiary/aromatic N) is 1. The van der Waals surface area contributed by atoms with Crippen molar-refractivity contribution in [3.63, 3.8) is 0 Å². The molecule has 6 rings (SSSR count). The van der Waals surface area contributed by atoms with E-state index in [1.807, 2.05) is 79.0 Å². The van der Waals surface area contributed by atoms with Gasteiger partial charge in [0.15, 0.2) is 0 Å². The van der Waals surface area contributed by atoms with E-state index in [9.17, 15) is 19.6 Å². The third-order valence-corrected chi connectivity index (χ3v) is 9.96. The maximum Gasteiger partial charge on any atom is 0.272 e. The number of thioether (sulfide) groups is 1. The van der Waals surface area contributed by atoms with Gasteiger partial charge < -0.3 is 20.9 Å². The molecule has 0 bridgehead atoms. The van der Waals surface area contributed by atoms with Gasteiger partial charge in [0.05, 0.1) is 10.8 Å². The van der Waals surface area contributed by atoms with E-state index in [1.165, 1.54) is 23.1 Å². The van der Waals surface area contributed by atoms with Crippen molar-refractivity contribution in [2.24, 2.45) is 0 Å². The standard InChI is InChI=1S/C39H31N5O3S2/c1-2-35(38(47)44-39-31(22-40)32(24-48-39)25-12-5-3-6-13-25)49-29-17-11-16-28(21-29)42-37(46)34(43-36(45)26-14-7-4-8-15-26)20-27-23-41-33-19-10-9-18-30(27)33/h3-21,23-24,35,41H,2H2,1H3,(H,42,46)(H,43,45)(H,44,47)/b34-20-. The number of nitriles is 1. The summed E-state index contributed by atoms with van der Waals surface area (Å²) >= 11 is 2.69. The zero-order valence-corrected chi connectivity index (χ0v) is 28.0. The first-order valence-corrected chi connectivity index (χ1v) is 17.3.